The van der Waals surface area contributed by atoms with Gasteiger partial charge in [0.15, 0.2) is 0 Å². The molecule has 1 saturated heterocycles. The van der Waals surface area contributed by atoms with Crippen molar-refractivity contribution in [2.45, 2.75) is 25.7 Å². The molecule has 0 saturated carbocycles. The molecule has 0 aromatic heterocycles. The van der Waals surface area contributed by atoms with Gasteiger partial charge in [-0.3, -0.25) is 14.9 Å². The Kier molecular flexibility index (Phi) is 5.19. The van der Waals surface area contributed by atoms with Gasteiger partial charge >= 0.3 is 12.2 Å². The lowest BCUT2D eigenvalue weighted by Crippen LogP contribution is -2.69. The van der Waals surface area contributed by atoms with E-state index in [0.29, 0.717) is 10.5 Å². The van der Waals surface area contributed by atoms with Crippen LogP contribution in [0, 0.1) is 13.8 Å². The van der Waals surface area contributed by atoms with Crippen molar-refractivity contribution in [2.75, 3.05) is 12.0 Å². The number of urea groups is 1. The third-order valence-corrected chi connectivity index (χ3v) is 4.83. The number of ether oxygens (including phenoxy) is 1. The Labute approximate surface area is 169 Å². The number of hydrogen-bond donors (Lipinski definition) is 2. The normalized spacial score (nSPS) is 18.9. The van der Waals surface area contributed by atoms with E-state index in [4.69, 9.17) is 4.74 Å². The average molecular weight is 421 g/mol. The molecule has 1 aliphatic heterocycles. The number of methoxy groups -OCH3 is 1. The van der Waals surface area contributed by atoms with Gasteiger partial charge in [0.05, 0.1) is 12.8 Å². The molecule has 0 unspecified atom stereocenters. The van der Waals surface area contributed by atoms with Crippen molar-refractivity contribution >= 4 is 23.5 Å². The highest BCUT2D eigenvalue weighted by atomic mass is 19.4. The zero-order valence-electron chi connectivity index (χ0n) is 16.3. The second kappa shape index (κ2) is 7.36. The lowest BCUT2D eigenvalue weighted by molar-refractivity contribution is -0.197. The van der Waals surface area contributed by atoms with Gasteiger partial charge in [0.25, 0.3) is 17.5 Å². The van der Waals surface area contributed by atoms with E-state index in [0.717, 1.165) is 5.56 Å². The third-order valence-electron chi connectivity index (χ3n) is 4.83. The van der Waals surface area contributed by atoms with Crippen LogP contribution in [0.2, 0.25) is 0 Å². The zero-order chi connectivity index (χ0) is 22.3. The number of carbonyl (C=O) groups is 3. The molecule has 0 radical (unpaired) electrons. The first kappa shape index (κ1) is 21.2. The maximum atomic E-state index is 14.0. The van der Waals surface area contributed by atoms with Crippen molar-refractivity contribution in [1.29, 1.82) is 0 Å². The molecule has 1 atom stereocenters. The smallest absolute Gasteiger partial charge is 0.440 e. The molecule has 2 aromatic rings. The first-order valence-electron chi connectivity index (χ1n) is 8.77. The Bertz CT molecular complexity index is 1040. The van der Waals surface area contributed by atoms with Gasteiger partial charge in [-0.05, 0) is 55.3 Å². The van der Waals surface area contributed by atoms with E-state index in [9.17, 15) is 27.6 Å². The molecule has 30 heavy (non-hydrogen) atoms. The van der Waals surface area contributed by atoms with Crippen LogP contribution < -0.4 is 20.3 Å². The second-order valence-electron chi connectivity index (χ2n) is 6.77. The van der Waals surface area contributed by atoms with Crippen LogP contribution in [0.5, 0.6) is 5.75 Å². The van der Waals surface area contributed by atoms with Gasteiger partial charge in [-0.1, -0.05) is 12.1 Å². The van der Waals surface area contributed by atoms with E-state index < -0.39 is 29.7 Å². The summed E-state index contributed by atoms with van der Waals surface area (Å²) in [5.41, 5.74) is -2.31. The molecular weight excluding hydrogens is 403 g/mol. The van der Waals surface area contributed by atoms with E-state index in [1.807, 2.05) is 0 Å². The van der Waals surface area contributed by atoms with Gasteiger partial charge in [0, 0.05) is 5.56 Å². The van der Waals surface area contributed by atoms with Crippen LogP contribution in [-0.2, 0) is 4.79 Å². The molecule has 0 aliphatic carbocycles. The summed E-state index contributed by atoms with van der Waals surface area (Å²) in [6.07, 6.45) is -5.30. The average Bonchev–Trinajstić information content (AvgIpc) is 2.94. The van der Waals surface area contributed by atoms with E-state index in [2.05, 4.69) is 0 Å². The van der Waals surface area contributed by atoms with Crippen molar-refractivity contribution in [3.8, 4) is 5.75 Å². The highest BCUT2D eigenvalue weighted by Gasteiger charge is 2.69. The summed E-state index contributed by atoms with van der Waals surface area (Å²) in [4.78, 5) is 38.1. The number of carbonyl (C=O) groups excluding carboxylic acids is 3. The molecule has 2 aromatic carbocycles. The lowest BCUT2D eigenvalue weighted by Gasteiger charge is -2.30. The van der Waals surface area contributed by atoms with Gasteiger partial charge in [-0.2, -0.15) is 13.2 Å². The molecular formula is C20H18F3N3O4. The maximum Gasteiger partial charge on any atom is 0.440 e. The summed E-state index contributed by atoms with van der Waals surface area (Å²) >= 11 is 0. The molecule has 7 nitrogen and oxygen atoms in total. The summed E-state index contributed by atoms with van der Waals surface area (Å²) in [6.45, 7) is 3.47. The summed E-state index contributed by atoms with van der Waals surface area (Å²) < 4.78 is 46.9. The van der Waals surface area contributed by atoms with Crippen LogP contribution in [0.1, 0.15) is 21.5 Å². The molecule has 1 heterocycles. The number of imide groups is 1. The fourth-order valence-corrected chi connectivity index (χ4v) is 2.98. The minimum atomic E-state index is -5.30. The molecule has 0 spiro atoms. The van der Waals surface area contributed by atoms with Crippen molar-refractivity contribution in [3.05, 3.63) is 59.2 Å². The highest BCUT2D eigenvalue weighted by molar-refractivity contribution is 6.24. The number of anilines is 1. The van der Waals surface area contributed by atoms with Gasteiger partial charge in [0.1, 0.15) is 5.75 Å². The molecule has 2 N–H and O–H groups in total. The highest BCUT2D eigenvalue weighted by Crippen LogP contribution is 2.36. The molecule has 158 valence electrons. The number of aryl methyl sites for hydroxylation is 2. The number of alkyl halides is 3. The number of hydrogen-bond acceptors (Lipinski definition) is 4. The van der Waals surface area contributed by atoms with Crippen molar-refractivity contribution in [3.63, 3.8) is 0 Å². The van der Waals surface area contributed by atoms with Crippen LogP contribution >= 0.6 is 0 Å². The maximum absolute atomic E-state index is 14.0. The molecule has 0 bridgehead atoms. The number of halogens is 3. The summed E-state index contributed by atoms with van der Waals surface area (Å²) in [7, 11) is 1.33. The van der Waals surface area contributed by atoms with Crippen molar-refractivity contribution in [1.82, 2.24) is 10.6 Å². The zero-order valence-corrected chi connectivity index (χ0v) is 16.3. The molecule has 4 amide bonds. The van der Waals surface area contributed by atoms with Gasteiger partial charge in [-0.25, -0.2) is 9.69 Å². The minimum Gasteiger partial charge on any atom is -0.497 e. The van der Waals surface area contributed by atoms with E-state index >= 15 is 0 Å². The van der Waals surface area contributed by atoms with E-state index in [1.165, 1.54) is 43.5 Å². The number of rotatable bonds is 4. The van der Waals surface area contributed by atoms with Gasteiger partial charge < -0.3 is 10.1 Å². The van der Waals surface area contributed by atoms with Crippen LogP contribution in [0.3, 0.4) is 0 Å². The Morgan fingerprint density at radius 3 is 2.40 bits per heavy atom. The quantitative estimate of drug-likeness (QED) is 0.743. The Hall–Kier alpha value is -3.56. The molecule has 1 aliphatic rings. The Morgan fingerprint density at radius 2 is 1.80 bits per heavy atom. The number of amides is 4. The van der Waals surface area contributed by atoms with Crippen LogP contribution in [0.15, 0.2) is 42.5 Å². The largest absolute Gasteiger partial charge is 0.497 e. The van der Waals surface area contributed by atoms with E-state index in [1.54, 1.807) is 30.5 Å². The topological polar surface area (TPSA) is 87.7 Å². The first-order valence-corrected chi connectivity index (χ1v) is 8.77. The summed E-state index contributed by atoms with van der Waals surface area (Å²) in [5, 5.41) is 3.28. The summed E-state index contributed by atoms with van der Waals surface area (Å²) in [6, 6.07) is 8.43. The standard InChI is InChI=1S/C20H18F3N3O4/c1-11-7-8-14(9-12(11)2)26-17(28)19(20(21,22)23,25-18(26)29)24-16(27)13-5-4-6-15(10-13)30-3/h4-10H,1-3H3,(H,24,27)(H,25,29)/t19-/m1/s1. The number of benzene rings is 2. The van der Waals surface area contributed by atoms with E-state index in [-0.39, 0.29) is 17.0 Å². The Balaban J connectivity index is 2.01. The summed E-state index contributed by atoms with van der Waals surface area (Å²) in [5.74, 6) is -2.62. The molecule has 10 heteroatoms. The van der Waals surface area contributed by atoms with Crippen molar-refractivity contribution in [2.24, 2.45) is 0 Å². The van der Waals surface area contributed by atoms with Gasteiger partial charge in [0.2, 0.25) is 0 Å². The molecule has 1 fully saturated rings. The van der Waals surface area contributed by atoms with Gasteiger partial charge in [-0.15, -0.1) is 0 Å². The minimum absolute atomic E-state index is 0.0395. The second-order valence-corrected chi connectivity index (χ2v) is 6.77. The van der Waals surface area contributed by atoms with Crippen molar-refractivity contribution < 1.29 is 32.3 Å². The predicted molar refractivity (Wildman–Crippen MR) is 101 cm³/mol. The Morgan fingerprint density at radius 1 is 1.10 bits per heavy atom. The molecule has 3 rings (SSSR count). The first-order chi connectivity index (χ1) is 14.0. The van der Waals surface area contributed by atoms with Crippen LogP contribution in [0.25, 0.3) is 0 Å². The number of nitrogens with zero attached hydrogens (tertiary/aromatic N) is 1. The SMILES string of the molecule is COc1cccc(C(=O)N[C@@]2(C(F)(F)F)NC(=O)N(c3ccc(C)c(C)c3)C2=O)c1. The predicted octanol–water partition coefficient (Wildman–Crippen LogP) is 3.06. The monoisotopic (exact) mass is 421 g/mol. The fraction of sp³-hybridized carbons (Fsp3) is 0.250. The lowest BCUT2D eigenvalue weighted by atomic mass is 10.1. The van der Waals surface area contributed by atoms with Crippen LogP contribution in [0.4, 0.5) is 23.7 Å². The third kappa shape index (κ3) is 3.44. The van der Waals surface area contributed by atoms with Crippen LogP contribution in [-0.4, -0.2) is 36.8 Å². The number of nitrogens with one attached hydrogen (secondary N) is 2. The fourth-order valence-electron chi connectivity index (χ4n) is 2.98.